The zero-order chi connectivity index (χ0) is 21.6. The summed E-state index contributed by atoms with van der Waals surface area (Å²) < 4.78 is 12.4. The van der Waals surface area contributed by atoms with Crippen molar-refractivity contribution < 1.29 is 14.1 Å². The number of halogens is 1. The van der Waals surface area contributed by atoms with Crippen molar-refractivity contribution in [2.75, 3.05) is 6.54 Å². The summed E-state index contributed by atoms with van der Waals surface area (Å²) in [5.74, 6) is 0.991. The molecule has 0 spiro atoms. The zero-order valence-corrected chi connectivity index (χ0v) is 17.2. The Bertz CT molecular complexity index is 1150. The summed E-state index contributed by atoms with van der Waals surface area (Å²) in [5, 5.41) is 15.4. The fourth-order valence-electron chi connectivity index (χ4n) is 2.65. The van der Waals surface area contributed by atoms with Crippen LogP contribution in [0.25, 0.3) is 23.0 Å². The Morgan fingerprint density at radius 3 is 2.90 bits per heavy atom. The molecule has 4 rings (SSSR count). The molecule has 0 fully saturated rings. The summed E-state index contributed by atoms with van der Waals surface area (Å²) in [7, 11) is 0. The Hall–Kier alpha value is -3.79. The van der Waals surface area contributed by atoms with E-state index >= 15 is 0 Å². The molecular formula is C20H18ClN7O3. The third-order valence-electron chi connectivity index (χ3n) is 4.24. The third-order valence-corrected chi connectivity index (χ3v) is 4.49. The van der Waals surface area contributed by atoms with Crippen LogP contribution in [0.15, 0.2) is 59.5 Å². The molecular weight excluding hydrogens is 422 g/mol. The van der Waals surface area contributed by atoms with E-state index in [1.165, 1.54) is 0 Å². The number of carbonyl (C=O) groups is 1. The second kappa shape index (κ2) is 9.35. The minimum absolute atomic E-state index is 0.242. The maximum atomic E-state index is 12.2. The number of aromatic nitrogens is 6. The highest BCUT2D eigenvalue weighted by molar-refractivity contribution is 6.30. The predicted molar refractivity (Wildman–Crippen MR) is 111 cm³/mol. The van der Waals surface area contributed by atoms with Crippen molar-refractivity contribution >= 4 is 17.5 Å². The van der Waals surface area contributed by atoms with Crippen LogP contribution in [0.1, 0.15) is 6.92 Å². The van der Waals surface area contributed by atoms with Crippen LogP contribution < -0.4 is 10.1 Å². The van der Waals surface area contributed by atoms with Gasteiger partial charge in [-0.3, -0.25) is 9.78 Å². The first kappa shape index (κ1) is 20.5. The highest BCUT2D eigenvalue weighted by atomic mass is 35.5. The quantitative estimate of drug-likeness (QED) is 0.444. The molecule has 3 heterocycles. The minimum Gasteiger partial charge on any atom is -0.481 e. The van der Waals surface area contributed by atoms with Gasteiger partial charge in [0, 0.05) is 29.5 Å². The Balaban J connectivity index is 1.28. The van der Waals surface area contributed by atoms with E-state index in [4.69, 9.17) is 20.9 Å². The number of hydrogen-bond donors (Lipinski definition) is 1. The van der Waals surface area contributed by atoms with Crippen LogP contribution in [0.4, 0.5) is 0 Å². The molecule has 158 valence electrons. The van der Waals surface area contributed by atoms with Gasteiger partial charge in [-0.1, -0.05) is 22.0 Å². The van der Waals surface area contributed by atoms with E-state index < -0.39 is 6.10 Å². The number of carbonyl (C=O) groups excluding carboxylic acids is 1. The maximum absolute atomic E-state index is 12.2. The molecule has 1 amide bonds. The lowest BCUT2D eigenvalue weighted by molar-refractivity contribution is -0.127. The number of hydrogen-bond acceptors (Lipinski definition) is 8. The number of ether oxygens (including phenoxy) is 1. The average Bonchev–Trinajstić information content (AvgIpc) is 3.45. The lowest BCUT2D eigenvalue weighted by atomic mass is 10.3. The second-order valence-electron chi connectivity index (χ2n) is 6.54. The molecule has 1 N–H and O–H groups in total. The number of rotatable bonds is 8. The van der Waals surface area contributed by atoms with Crippen LogP contribution in [-0.4, -0.2) is 48.7 Å². The summed E-state index contributed by atoms with van der Waals surface area (Å²) in [6, 6.07) is 10.4. The first-order valence-corrected chi connectivity index (χ1v) is 9.81. The highest BCUT2D eigenvalue weighted by Gasteiger charge is 2.16. The van der Waals surface area contributed by atoms with Gasteiger partial charge in [-0.15, -0.1) is 5.10 Å². The summed E-state index contributed by atoms with van der Waals surface area (Å²) in [5.41, 5.74) is 1.18. The van der Waals surface area contributed by atoms with Crippen LogP contribution in [0.3, 0.4) is 0 Å². The van der Waals surface area contributed by atoms with E-state index in [9.17, 15) is 4.79 Å². The second-order valence-corrected chi connectivity index (χ2v) is 6.97. The normalized spacial score (nSPS) is 11.8. The third kappa shape index (κ3) is 5.23. The molecule has 0 aliphatic carbocycles. The molecule has 1 atom stereocenters. The zero-order valence-electron chi connectivity index (χ0n) is 16.5. The molecule has 0 aliphatic rings. The number of pyridine rings is 1. The predicted octanol–water partition coefficient (Wildman–Crippen LogP) is 2.63. The van der Waals surface area contributed by atoms with Gasteiger partial charge in [0.25, 0.3) is 11.8 Å². The topological polar surface area (TPSA) is 121 Å². The van der Waals surface area contributed by atoms with Gasteiger partial charge in [-0.05, 0) is 43.3 Å². The smallest absolute Gasteiger partial charge is 0.280 e. The van der Waals surface area contributed by atoms with E-state index in [0.717, 1.165) is 5.56 Å². The number of nitrogens with zero attached hydrogens (tertiary/aromatic N) is 6. The first-order chi connectivity index (χ1) is 15.1. The maximum Gasteiger partial charge on any atom is 0.280 e. The highest BCUT2D eigenvalue weighted by Crippen LogP contribution is 2.19. The first-order valence-electron chi connectivity index (χ1n) is 9.43. The largest absolute Gasteiger partial charge is 0.481 e. The van der Waals surface area contributed by atoms with Gasteiger partial charge in [0.2, 0.25) is 5.82 Å². The molecule has 11 heteroatoms. The Morgan fingerprint density at radius 2 is 2.13 bits per heavy atom. The number of amides is 1. The van der Waals surface area contributed by atoms with Crippen molar-refractivity contribution in [3.8, 4) is 28.7 Å². The number of benzene rings is 1. The van der Waals surface area contributed by atoms with E-state index in [0.29, 0.717) is 35.4 Å². The van der Waals surface area contributed by atoms with Crippen molar-refractivity contribution in [2.45, 2.75) is 19.6 Å². The molecule has 10 nitrogen and oxygen atoms in total. The number of nitrogens with one attached hydrogen (secondary N) is 1. The molecule has 1 aromatic carbocycles. The standard InChI is InChI=1S/C20H18ClN7O3/c1-13(30-16-6-4-15(21)5-7-16)19(29)23-9-10-28-12-17(25-27-28)20-24-18(26-31-20)14-3-2-8-22-11-14/h2-8,11-13H,9-10H2,1H3,(H,23,29)/t13-/m1/s1. The van der Waals surface area contributed by atoms with E-state index in [1.54, 1.807) is 60.5 Å². The van der Waals surface area contributed by atoms with Crippen LogP contribution in [0.2, 0.25) is 5.02 Å². The monoisotopic (exact) mass is 439 g/mol. The fraction of sp³-hybridized carbons (Fsp3) is 0.200. The Labute approximate surface area is 182 Å². The summed E-state index contributed by atoms with van der Waals surface area (Å²) in [6.07, 6.45) is 4.32. The van der Waals surface area contributed by atoms with E-state index in [1.807, 2.05) is 6.07 Å². The van der Waals surface area contributed by atoms with Gasteiger partial charge in [-0.25, -0.2) is 4.68 Å². The summed E-state index contributed by atoms with van der Waals surface area (Å²) in [6.45, 7) is 2.43. The average molecular weight is 440 g/mol. The van der Waals surface area contributed by atoms with Crippen LogP contribution in [-0.2, 0) is 11.3 Å². The lowest BCUT2D eigenvalue weighted by Gasteiger charge is -2.14. The van der Waals surface area contributed by atoms with Crippen LogP contribution in [0, 0.1) is 0 Å². The van der Waals surface area contributed by atoms with Gasteiger partial charge >= 0.3 is 0 Å². The van der Waals surface area contributed by atoms with Crippen molar-refractivity contribution in [1.29, 1.82) is 0 Å². The van der Waals surface area contributed by atoms with Gasteiger partial charge < -0.3 is 14.6 Å². The van der Waals surface area contributed by atoms with E-state index in [2.05, 4.69) is 30.8 Å². The fourth-order valence-corrected chi connectivity index (χ4v) is 2.78. The van der Waals surface area contributed by atoms with Crippen molar-refractivity contribution in [3.63, 3.8) is 0 Å². The SMILES string of the molecule is C[C@@H](Oc1ccc(Cl)cc1)C(=O)NCCn1cc(-c2nc(-c3cccnc3)no2)nn1. The Kier molecular flexibility index (Phi) is 6.18. The van der Waals surface area contributed by atoms with Crippen LogP contribution in [0.5, 0.6) is 5.75 Å². The summed E-state index contributed by atoms with van der Waals surface area (Å²) in [4.78, 5) is 20.6. The molecule has 4 aromatic rings. The van der Waals surface area contributed by atoms with Crippen molar-refractivity contribution in [2.24, 2.45) is 0 Å². The molecule has 0 radical (unpaired) electrons. The molecule has 31 heavy (non-hydrogen) atoms. The van der Waals surface area contributed by atoms with Gasteiger partial charge in [0.05, 0.1) is 12.7 Å². The van der Waals surface area contributed by atoms with E-state index in [-0.39, 0.29) is 11.8 Å². The molecule has 0 aliphatic heterocycles. The molecule has 0 unspecified atom stereocenters. The molecule has 0 bridgehead atoms. The lowest BCUT2D eigenvalue weighted by Crippen LogP contribution is -2.38. The van der Waals surface area contributed by atoms with Gasteiger partial charge in [0.15, 0.2) is 11.8 Å². The van der Waals surface area contributed by atoms with Crippen LogP contribution >= 0.6 is 11.6 Å². The molecule has 3 aromatic heterocycles. The molecule has 0 saturated carbocycles. The minimum atomic E-state index is -0.656. The van der Waals surface area contributed by atoms with Gasteiger partial charge in [-0.2, -0.15) is 4.98 Å². The van der Waals surface area contributed by atoms with Crippen molar-refractivity contribution in [1.82, 2.24) is 35.4 Å². The molecule has 0 saturated heterocycles. The summed E-state index contributed by atoms with van der Waals surface area (Å²) >= 11 is 5.84. The van der Waals surface area contributed by atoms with Crippen molar-refractivity contribution in [3.05, 3.63) is 60.0 Å². The Morgan fingerprint density at radius 1 is 1.29 bits per heavy atom. The van der Waals surface area contributed by atoms with Gasteiger partial charge in [0.1, 0.15) is 5.75 Å².